The van der Waals surface area contributed by atoms with Gasteiger partial charge in [-0.15, -0.1) is 11.3 Å². The first-order valence-electron chi connectivity index (χ1n) is 6.04. The van der Waals surface area contributed by atoms with Crippen LogP contribution in [0.5, 0.6) is 0 Å². The zero-order chi connectivity index (χ0) is 13.1. The quantitative estimate of drug-likeness (QED) is 0.897. The van der Waals surface area contributed by atoms with E-state index < -0.39 is 0 Å². The molecule has 2 N–H and O–H groups in total. The lowest BCUT2D eigenvalue weighted by molar-refractivity contribution is 0.237. The maximum Gasteiger partial charge on any atom is 0.122 e. The number of nitrogens with two attached hydrogens (primary N) is 1. The summed E-state index contributed by atoms with van der Waals surface area (Å²) in [5.74, 6) is 1.06. The van der Waals surface area contributed by atoms with Crippen molar-refractivity contribution in [3.63, 3.8) is 0 Å². The predicted octanol–water partition coefficient (Wildman–Crippen LogP) is 1.92. The van der Waals surface area contributed by atoms with Gasteiger partial charge in [0.1, 0.15) is 5.82 Å². The molecular formula is C13H20N4S. The Morgan fingerprint density at radius 1 is 1.50 bits per heavy atom. The van der Waals surface area contributed by atoms with Gasteiger partial charge in [-0.1, -0.05) is 0 Å². The molecule has 0 aliphatic heterocycles. The lowest BCUT2D eigenvalue weighted by atomic mass is 10.2. The van der Waals surface area contributed by atoms with Crippen molar-refractivity contribution < 1.29 is 0 Å². The zero-order valence-electron chi connectivity index (χ0n) is 11.1. The minimum absolute atomic E-state index is 0.264. The number of aromatic nitrogens is 2. The molecule has 4 nitrogen and oxygen atoms in total. The third-order valence-corrected chi connectivity index (χ3v) is 4.26. The second-order valence-electron chi connectivity index (χ2n) is 4.57. The van der Waals surface area contributed by atoms with Crippen LogP contribution in [-0.4, -0.2) is 28.0 Å². The Morgan fingerprint density at radius 3 is 2.78 bits per heavy atom. The molecular weight excluding hydrogens is 244 g/mol. The van der Waals surface area contributed by atoms with Crippen LogP contribution in [0.4, 0.5) is 0 Å². The zero-order valence-corrected chi connectivity index (χ0v) is 11.9. The topological polar surface area (TPSA) is 47.1 Å². The Labute approximate surface area is 112 Å². The Morgan fingerprint density at radius 2 is 2.28 bits per heavy atom. The standard InChI is InChI=1S/C13H20N4S/c1-10-4-5-12(18-10)11(8-14)17(3)9-13-15-6-7-16(13)2/h4-7,11H,8-9,14H2,1-3H3. The first kappa shape index (κ1) is 13.3. The number of likely N-dealkylation sites (N-methyl/N-ethyl adjacent to an activating group) is 1. The Balaban J connectivity index is 2.11. The number of hydrogen-bond acceptors (Lipinski definition) is 4. The van der Waals surface area contributed by atoms with E-state index in [0.717, 1.165) is 12.4 Å². The summed E-state index contributed by atoms with van der Waals surface area (Å²) in [7, 11) is 4.12. The molecule has 98 valence electrons. The number of thiophene rings is 1. The second-order valence-corrected chi connectivity index (χ2v) is 5.89. The van der Waals surface area contributed by atoms with Crippen LogP contribution < -0.4 is 5.73 Å². The predicted molar refractivity (Wildman–Crippen MR) is 75.5 cm³/mol. The summed E-state index contributed by atoms with van der Waals surface area (Å²) in [5, 5.41) is 0. The number of nitrogens with zero attached hydrogens (tertiary/aromatic N) is 3. The van der Waals surface area contributed by atoms with E-state index in [0.29, 0.717) is 6.54 Å². The highest BCUT2D eigenvalue weighted by Gasteiger charge is 2.18. The average Bonchev–Trinajstić information content (AvgIpc) is 2.91. The fourth-order valence-corrected chi connectivity index (χ4v) is 3.08. The largest absolute Gasteiger partial charge is 0.337 e. The molecule has 2 rings (SSSR count). The van der Waals surface area contributed by atoms with E-state index in [2.05, 4.69) is 36.0 Å². The monoisotopic (exact) mass is 264 g/mol. The molecule has 0 spiro atoms. The van der Waals surface area contributed by atoms with Gasteiger partial charge in [0, 0.05) is 35.7 Å². The van der Waals surface area contributed by atoms with E-state index >= 15 is 0 Å². The molecule has 0 saturated heterocycles. The van der Waals surface area contributed by atoms with E-state index in [4.69, 9.17) is 5.73 Å². The summed E-state index contributed by atoms with van der Waals surface area (Å²) in [6.45, 7) is 3.56. The lowest BCUT2D eigenvalue weighted by Gasteiger charge is -2.25. The van der Waals surface area contributed by atoms with Crippen molar-refractivity contribution in [1.82, 2.24) is 14.5 Å². The Kier molecular flexibility index (Phi) is 4.16. The van der Waals surface area contributed by atoms with Crippen molar-refractivity contribution >= 4 is 11.3 Å². The van der Waals surface area contributed by atoms with Gasteiger partial charge in [0.15, 0.2) is 0 Å². The molecule has 0 amide bonds. The molecule has 0 fully saturated rings. The molecule has 0 aliphatic rings. The van der Waals surface area contributed by atoms with Gasteiger partial charge in [0.05, 0.1) is 12.6 Å². The molecule has 1 unspecified atom stereocenters. The Hall–Kier alpha value is -1.17. The van der Waals surface area contributed by atoms with Gasteiger partial charge in [0.2, 0.25) is 0 Å². The molecule has 0 aliphatic carbocycles. The summed E-state index contributed by atoms with van der Waals surface area (Å²) in [4.78, 5) is 9.27. The van der Waals surface area contributed by atoms with Gasteiger partial charge in [-0.05, 0) is 26.1 Å². The molecule has 0 bridgehead atoms. The summed E-state index contributed by atoms with van der Waals surface area (Å²) in [6, 6.07) is 4.59. The smallest absolute Gasteiger partial charge is 0.122 e. The van der Waals surface area contributed by atoms with E-state index in [1.807, 2.05) is 35.3 Å². The maximum atomic E-state index is 5.92. The van der Waals surface area contributed by atoms with Crippen molar-refractivity contribution in [2.24, 2.45) is 12.8 Å². The molecule has 0 aromatic carbocycles. The Bertz CT molecular complexity index is 503. The van der Waals surface area contributed by atoms with Gasteiger partial charge in [-0.25, -0.2) is 4.98 Å². The van der Waals surface area contributed by atoms with Crippen molar-refractivity contribution in [1.29, 1.82) is 0 Å². The number of hydrogen-bond donors (Lipinski definition) is 1. The van der Waals surface area contributed by atoms with E-state index in [1.165, 1.54) is 9.75 Å². The average molecular weight is 264 g/mol. The molecule has 18 heavy (non-hydrogen) atoms. The van der Waals surface area contributed by atoms with Crippen molar-refractivity contribution in [3.8, 4) is 0 Å². The normalized spacial score (nSPS) is 13.2. The van der Waals surface area contributed by atoms with Crippen LogP contribution in [0.3, 0.4) is 0 Å². The summed E-state index contributed by atoms with van der Waals surface area (Å²) >= 11 is 1.82. The highest BCUT2D eigenvalue weighted by molar-refractivity contribution is 7.12. The van der Waals surface area contributed by atoms with Crippen LogP contribution in [0, 0.1) is 6.92 Å². The summed E-state index contributed by atoms with van der Waals surface area (Å²) in [5.41, 5.74) is 5.92. The second kappa shape index (κ2) is 5.65. The van der Waals surface area contributed by atoms with E-state index in [1.54, 1.807) is 0 Å². The van der Waals surface area contributed by atoms with Crippen LogP contribution in [0.25, 0.3) is 0 Å². The SMILES string of the molecule is Cc1ccc(C(CN)N(C)Cc2nccn2C)s1. The summed E-state index contributed by atoms with van der Waals surface area (Å²) in [6.07, 6.45) is 3.80. The van der Waals surface area contributed by atoms with Gasteiger partial charge < -0.3 is 10.3 Å². The van der Waals surface area contributed by atoms with Crippen molar-refractivity contribution in [2.45, 2.75) is 19.5 Å². The third-order valence-electron chi connectivity index (χ3n) is 3.16. The van der Waals surface area contributed by atoms with Crippen molar-refractivity contribution in [3.05, 3.63) is 40.1 Å². The third kappa shape index (κ3) is 2.80. The first-order valence-corrected chi connectivity index (χ1v) is 6.86. The highest BCUT2D eigenvalue weighted by atomic mass is 32.1. The van der Waals surface area contributed by atoms with Crippen LogP contribution in [-0.2, 0) is 13.6 Å². The fourth-order valence-electron chi connectivity index (χ4n) is 2.03. The molecule has 0 saturated carbocycles. The molecule has 2 aromatic heterocycles. The fraction of sp³-hybridized carbons (Fsp3) is 0.462. The summed E-state index contributed by atoms with van der Waals surface area (Å²) < 4.78 is 2.05. The van der Waals surface area contributed by atoms with Gasteiger partial charge in [-0.3, -0.25) is 4.90 Å². The van der Waals surface area contributed by atoms with Crippen LogP contribution in [0.2, 0.25) is 0 Å². The van der Waals surface area contributed by atoms with Crippen LogP contribution in [0.15, 0.2) is 24.5 Å². The number of imidazole rings is 1. The first-order chi connectivity index (χ1) is 8.61. The minimum atomic E-state index is 0.264. The van der Waals surface area contributed by atoms with Gasteiger partial charge in [-0.2, -0.15) is 0 Å². The maximum absolute atomic E-state index is 5.92. The molecule has 2 heterocycles. The minimum Gasteiger partial charge on any atom is -0.337 e. The van der Waals surface area contributed by atoms with Gasteiger partial charge >= 0.3 is 0 Å². The van der Waals surface area contributed by atoms with Crippen LogP contribution >= 0.6 is 11.3 Å². The van der Waals surface area contributed by atoms with E-state index in [-0.39, 0.29) is 6.04 Å². The highest BCUT2D eigenvalue weighted by Crippen LogP contribution is 2.26. The molecule has 0 radical (unpaired) electrons. The van der Waals surface area contributed by atoms with Gasteiger partial charge in [0.25, 0.3) is 0 Å². The van der Waals surface area contributed by atoms with E-state index in [9.17, 15) is 0 Å². The number of aryl methyl sites for hydroxylation is 2. The lowest BCUT2D eigenvalue weighted by Crippen LogP contribution is -2.30. The van der Waals surface area contributed by atoms with Crippen LogP contribution in [0.1, 0.15) is 21.6 Å². The molecule has 1 atom stereocenters. The van der Waals surface area contributed by atoms with Crippen molar-refractivity contribution in [2.75, 3.05) is 13.6 Å². The molecule has 2 aromatic rings. The number of rotatable bonds is 5. The molecule has 5 heteroatoms.